The summed E-state index contributed by atoms with van der Waals surface area (Å²) in [5.41, 5.74) is 0. The summed E-state index contributed by atoms with van der Waals surface area (Å²) in [6, 6.07) is 0.311. The van der Waals surface area contributed by atoms with Crippen molar-refractivity contribution in [1.82, 2.24) is 4.90 Å². The summed E-state index contributed by atoms with van der Waals surface area (Å²) in [5.74, 6) is 0.278. The smallest absolute Gasteiger partial charge is 0.146 e. The Kier molecular flexibility index (Phi) is 5.93. The number of methoxy groups -OCH3 is 1. The third kappa shape index (κ3) is 4.46. The molecule has 0 N–H and O–H groups in total. The molecular weight excluding hydrogens is 154 g/mol. The molecule has 0 fully saturated rings. The summed E-state index contributed by atoms with van der Waals surface area (Å²) < 4.78 is 4.99. The van der Waals surface area contributed by atoms with Crippen molar-refractivity contribution >= 4 is 5.78 Å². The minimum Gasteiger partial charge on any atom is -0.383 e. The van der Waals surface area contributed by atoms with Crippen LogP contribution in [0.15, 0.2) is 0 Å². The maximum atomic E-state index is 11.0. The van der Waals surface area contributed by atoms with E-state index in [-0.39, 0.29) is 5.78 Å². The number of hydrogen-bond acceptors (Lipinski definition) is 3. The Hall–Kier alpha value is -0.410. The molecule has 0 saturated carbocycles. The number of likely N-dealkylation sites (N-methyl/N-ethyl adjacent to an activating group) is 1. The zero-order chi connectivity index (χ0) is 9.56. The highest BCUT2D eigenvalue weighted by Crippen LogP contribution is 1.96. The predicted molar refractivity (Wildman–Crippen MR) is 49.3 cm³/mol. The Morgan fingerprint density at radius 1 is 1.58 bits per heavy atom. The fraction of sp³-hybridized carbons (Fsp3) is 0.889. The summed E-state index contributed by atoms with van der Waals surface area (Å²) in [4.78, 5) is 13.1. The van der Waals surface area contributed by atoms with Crippen LogP contribution in [0.5, 0.6) is 0 Å². The van der Waals surface area contributed by atoms with E-state index in [1.54, 1.807) is 7.11 Å². The molecule has 0 saturated heterocycles. The van der Waals surface area contributed by atoms with Gasteiger partial charge in [0.2, 0.25) is 0 Å². The van der Waals surface area contributed by atoms with Crippen LogP contribution in [0.4, 0.5) is 0 Å². The summed E-state index contributed by atoms with van der Waals surface area (Å²) in [6.07, 6.45) is 0.615. The molecule has 3 heteroatoms. The molecule has 0 aliphatic carbocycles. The minimum absolute atomic E-state index is 0.278. The van der Waals surface area contributed by atoms with Gasteiger partial charge in [0, 0.05) is 19.6 Å². The van der Waals surface area contributed by atoms with Crippen LogP contribution in [0.1, 0.15) is 20.3 Å². The molecule has 0 bridgehead atoms. The zero-order valence-corrected chi connectivity index (χ0v) is 8.46. The number of carbonyl (C=O) groups is 1. The SMILES string of the molecule is CCC(=O)CN(C)C(C)COC. The van der Waals surface area contributed by atoms with Crippen molar-refractivity contribution < 1.29 is 9.53 Å². The van der Waals surface area contributed by atoms with E-state index in [4.69, 9.17) is 4.74 Å². The first-order chi connectivity index (χ1) is 5.61. The minimum atomic E-state index is 0.278. The second kappa shape index (κ2) is 6.14. The topological polar surface area (TPSA) is 29.5 Å². The lowest BCUT2D eigenvalue weighted by Crippen LogP contribution is -2.36. The van der Waals surface area contributed by atoms with Crippen molar-refractivity contribution in [3.63, 3.8) is 0 Å². The van der Waals surface area contributed by atoms with Gasteiger partial charge in [-0.05, 0) is 14.0 Å². The number of rotatable bonds is 6. The van der Waals surface area contributed by atoms with E-state index < -0.39 is 0 Å². The Morgan fingerprint density at radius 3 is 2.58 bits per heavy atom. The second-order valence-electron chi connectivity index (χ2n) is 3.11. The van der Waals surface area contributed by atoms with Gasteiger partial charge in [-0.2, -0.15) is 0 Å². The van der Waals surface area contributed by atoms with E-state index in [0.29, 0.717) is 25.6 Å². The van der Waals surface area contributed by atoms with E-state index in [9.17, 15) is 4.79 Å². The van der Waals surface area contributed by atoms with E-state index in [2.05, 4.69) is 0 Å². The lowest BCUT2D eigenvalue weighted by molar-refractivity contribution is -0.120. The van der Waals surface area contributed by atoms with Crippen LogP contribution in [-0.2, 0) is 9.53 Å². The molecule has 0 heterocycles. The highest BCUT2D eigenvalue weighted by atomic mass is 16.5. The molecule has 1 unspecified atom stereocenters. The van der Waals surface area contributed by atoms with Crippen LogP contribution < -0.4 is 0 Å². The van der Waals surface area contributed by atoms with Crippen molar-refractivity contribution in [3.8, 4) is 0 Å². The third-order valence-electron chi connectivity index (χ3n) is 1.98. The van der Waals surface area contributed by atoms with Crippen LogP contribution in [0.3, 0.4) is 0 Å². The fourth-order valence-corrected chi connectivity index (χ4v) is 0.914. The quantitative estimate of drug-likeness (QED) is 0.598. The fourth-order valence-electron chi connectivity index (χ4n) is 0.914. The average molecular weight is 173 g/mol. The number of ketones is 1. The molecular formula is C9H19NO2. The maximum absolute atomic E-state index is 11.0. The van der Waals surface area contributed by atoms with Crippen molar-refractivity contribution in [1.29, 1.82) is 0 Å². The van der Waals surface area contributed by atoms with Gasteiger partial charge in [-0.15, -0.1) is 0 Å². The first-order valence-corrected chi connectivity index (χ1v) is 4.32. The van der Waals surface area contributed by atoms with Gasteiger partial charge < -0.3 is 4.74 Å². The van der Waals surface area contributed by atoms with Gasteiger partial charge >= 0.3 is 0 Å². The lowest BCUT2D eigenvalue weighted by atomic mass is 10.2. The standard InChI is InChI=1S/C9H19NO2/c1-5-9(11)6-10(3)8(2)7-12-4/h8H,5-7H2,1-4H3. The van der Waals surface area contributed by atoms with E-state index in [0.717, 1.165) is 0 Å². The molecule has 0 aliphatic rings. The van der Waals surface area contributed by atoms with Gasteiger partial charge in [0.25, 0.3) is 0 Å². The maximum Gasteiger partial charge on any atom is 0.146 e. The van der Waals surface area contributed by atoms with Crippen LogP contribution in [0.25, 0.3) is 0 Å². The molecule has 0 aromatic carbocycles. The Balaban J connectivity index is 3.69. The van der Waals surface area contributed by atoms with E-state index >= 15 is 0 Å². The van der Waals surface area contributed by atoms with Crippen LogP contribution in [0.2, 0.25) is 0 Å². The van der Waals surface area contributed by atoms with Crippen LogP contribution in [-0.4, -0.2) is 44.0 Å². The van der Waals surface area contributed by atoms with Gasteiger partial charge in [0.1, 0.15) is 5.78 Å². The first kappa shape index (κ1) is 11.6. The van der Waals surface area contributed by atoms with Crippen molar-refractivity contribution in [2.24, 2.45) is 0 Å². The lowest BCUT2D eigenvalue weighted by Gasteiger charge is -2.22. The van der Waals surface area contributed by atoms with Crippen molar-refractivity contribution in [3.05, 3.63) is 0 Å². The summed E-state index contributed by atoms with van der Waals surface area (Å²) in [6.45, 7) is 5.14. The van der Waals surface area contributed by atoms with Gasteiger partial charge in [-0.1, -0.05) is 6.92 Å². The van der Waals surface area contributed by atoms with Gasteiger partial charge in [0.05, 0.1) is 13.2 Å². The Labute approximate surface area is 74.7 Å². The molecule has 0 aromatic heterocycles. The summed E-state index contributed by atoms with van der Waals surface area (Å²) >= 11 is 0. The number of Topliss-reactive ketones (excluding diaryl/α,β-unsaturated/α-hetero) is 1. The summed E-state index contributed by atoms with van der Waals surface area (Å²) in [5, 5.41) is 0. The molecule has 0 aliphatic heterocycles. The highest BCUT2D eigenvalue weighted by Gasteiger charge is 2.10. The number of hydrogen-bond donors (Lipinski definition) is 0. The zero-order valence-electron chi connectivity index (χ0n) is 8.46. The molecule has 0 spiro atoms. The molecule has 0 aromatic rings. The van der Waals surface area contributed by atoms with Gasteiger partial charge in [-0.25, -0.2) is 0 Å². The second-order valence-corrected chi connectivity index (χ2v) is 3.11. The van der Waals surface area contributed by atoms with E-state index in [1.165, 1.54) is 0 Å². The first-order valence-electron chi connectivity index (χ1n) is 4.32. The number of nitrogens with zero attached hydrogens (tertiary/aromatic N) is 1. The highest BCUT2D eigenvalue weighted by molar-refractivity contribution is 5.80. The normalized spacial score (nSPS) is 13.4. The number of carbonyl (C=O) groups excluding carboxylic acids is 1. The molecule has 72 valence electrons. The third-order valence-corrected chi connectivity index (χ3v) is 1.98. The van der Waals surface area contributed by atoms with Crippen molar-refractivity contribution in [2.75, 3.05) is 27.3 Å². The van der Waals surface area contributed by atoms with Crippen LogP contribution in [0, 0.1) is 0 Å². The molecule has 0 radical (unpaired) electrons. The molecule has 0 rings (SSSR count). The van der Waals surface area contributed by atoms with Crippen molar-refractivity contribution in [2.45, 2.75) is 26.3 Å². The Bertz CT molecular complexity index is 136. The van der Waals surface area contributed by atoms with Gasteiger partial charge in [0.15, 0.2) is 0 Å². The van der Waals surface area contributed by atoms with E-state index in [1.807, 2.05) is 25.8 Å². The molecule has 1 atom stereocenters. The largest absolute Gasteiger partial charge is 0.383 e. The van der Waals surface area contributed by atoms with Crippen LogP contribution >= 0.6 is 0 Å². The molecule has 12 heavy (non-hydrogen) atoms. The average Bonchev–Trinajstić information content (AvgIpc) is 2.04. The molecule has 0 amide bonds. The Morgan fingerprint density at radius 2 is 2.17 bits per heavy atom. The number of ether oxygens (including phenoxy) is 1. The summed E-state index contributed by atoms with van der Waals surface area (Å²) in [7, 11) is 3.61. The van der Waals surface area contributed by atoms with Gasteiger partial charge in [-0.3, -0.25) is 9.69 Å². The molecule has 3 nitrogen and oxygen atoms in total. The predicted octanol–water partition coefficient (Wildman–Crippen LogP) is 0.932. The monoisotopic (exact) mass is 173 g/mol.